The van der Waals surface area contributed by atoms with Crippen molar-refractivity contribution in [2.75, 3.05) is 44.8 Å². The predicted molar refractivity (Wildman–Crippen MR) is 126 cm³/mol. The first kappa shape index (κ1) is 24.2. The molecular formula is C21H26N6O5S2. The number of rotatable bonds is 9. The standard InChI is InChI=1S/C21H26N6O5S2/c1-3-6-27(7-4-5-8-27)9-12-10-33-19-15(18(29)26(19)16(12)20(30)31)24-17(28)14(25-32-2)13-11-34-21(22)23-13/h3,11,15,19H,1,4-10H2,2H3,(H3-,22,23,24,28,30,31)/b25-14-/t15?,19-/m1/s1. The zero-order valence-electron chi connectivity index (χ0n) is 18.7. The van der Waals surface area contributed by atoms with E-state index in [1.54, 1.807) is 5.38 Å². The number of nitrogens with zero attached hydrogens (tertiary/aromatic N) is 4. The number of aromatic nitrogens is 1. The number of β-lactam (4-membered cyclic amide) rings is 1. The number of carbonyl (C=O) groups excluding carboxylic acids is 3. The van der Waals surface area contributed by atoms with Gasteiger partial charge in [-0.1, -0.05) is 11.7 Å². The third-order valence-electron chi connectivity index (χ3n) is 6.25. The van der Waals surface area contributed by atoms with Gasteiger partial charge in [0.1, 0.15) is 30.8 Å². The molecule has 0 aromatic carbocycles. The number of aliphatic carboxylic acids is 1. The summed E-state index contributed by atoms with van der Waals surface area (Å²) in [6.45, 7) is 7.02. The van der Waals surface area contributed by atoms with E-state index in [9.17, 15) is 19.5 Å². The van der Waals surface area contributed by atoms with Crippen LogP contribution in [-0.2, 0) is 19.2 Å². The molecule has 0 aliphatic carbocycles. The number of carbonyl (C=O) groups is 3. The number of hydrogen-bond acceptors (Lipinski definition) is 10. The highest BCUT2D eigenvalue weighted by Gasteiger charge is 2.54. The van der Waals surface area contributed by atoms with Crippen LogP contribution in [0, 0.1) is 0 Å². The van der Waals surface area contributed by atoms with Crippen molar-refractivity contribution in [1.82, 2.24) is 15.2 Å². The molecule has 1 aromatic rings. The summed E-state index contributed by atoms with van der Waals surface area (Å²) in [5.74, 6) is -2.12. The molecule has 1 aromatic heterocycles. The summed E-state index contributed by atoms with van der Waals surface area (Å²) in [6.07, 6.45) is 4.01. The van der Waals surface area contributed by atoms with Gasteiger partial charge in [0.25, 0.3) is 11.8 Å². The number of anilines is 1. The Morgan fingerprint density at radius 2 is 2.21 bits per heavy atom. The number of likely N-dealkylation sites (tertiary alicyclic amines) is 1. The van der Waals surface area contributed by atoms with Crippen LogP contribution in [-0.4, -0.2) is 88.3 Å². The van der Waals surface area contributed by atoms with Gasteiger partial charge >= 0.3 is 0 Å². The molecule has 4 rings (SSSR count). The molecule has 0 radical (unpaired) electrons. The minimum Gasteiger partial charge on any atom is -0.543 e. The fourth-order valence-electron chi connectivity index (χ4n) is 4.79. The van der Waals surface area contributed by atoms with E-state index in [1.165, 1.54) is 23.8 Å². The smallest absolute Gasteiger partial charge is 0.276 e. The van der Waals surface area contributed by atoms with Gasteiger partial charge < -0.3 is 30.3 Å². The van der Waals surface area contributed by atoms with Crippen LogP contribution in [0.1, 0.15) is 18.5 Å². The molecule has 3 aliphatic rings. The maximum absolute atomic E-state index is 13.0. The monoisotopic (exact) mass is 506 g/mol. The van der Waals surface area contributed by atoms with E-state index in [-0.39, 0.29) is 22.2 Å². The van der Waals surface area contributed by atoms with Gasteiger partial charge in [-0.15, -0.1) is 23.1 Å². The fourth-order valence-corrected chi connectivity index (χ4v) is 6.67. The summed E-state index contributed by atoms with van der Waals surface area (Å²) >= 11 is 2.56. The first-order valence-corrected chi connectivity index (χ1v) is 12.7. The van der Waals surface area contributed by atoms with Gasteiger partial charge in [0.15, 0.2) is 10.8 Å². The van der Waals surface area contributed by atoms with E-state index in [4.69, 9.17) is 10.6 Å². The minimum atomic E-state index is -1.38. The van der Waals surface area contributed by atoms with E-state index < -0.39 is 29.2 Å². The Hall–Kier alpha value is -2.90. The third-order valence-corrected chi connectivity index (χ3v) is 8.26. The van der Waals surface area contributed by atoms with E-state index >= 15 is 0 Å². The molecule has 0 saturated carbocycles. The van der Waals surface area contributed by atoms with E-state index in [2.05, 4.69) is 22.0 Å². The van der Waals surface area contributed by atoms with Crippen molar-refractivity contribution in [3.63, 3.8) is 0 Å². The molecule has 34 heavy (non-hydrogen) atoms. The minimum absolute atomic E-state index is 0.0780. The van der Waals surface area contributed by atoms with Crippen LogP contribution >= 0.6 is 23.1 Å². The Balaban J connectivity index is 1.53. The van der Waals surface area contributed by atoms with Crippen molar-refractivity contribution < 1.29 is 28.8 Å². The zero-order valence-corrected chi connectivity index (χ0v) is 20.3. The Kier molecular flexibility index (Phi) is 6.96. The molecule has 0 spiro atoms. The number of thioether (sulfide) groups is 1. The van der Waals surface area contributed by atoms with Crippen molar-refractivity contribution in [2.45, 2.75) is 24.3 Å². The van der Waals surface area contributed by atoms with Crippen molar-refractivity contribution in [3.8, 4) is 0 Å². The van der Waals surface area contributed by atoms with Gasteiger partial charge in [-0.05, 0) is 6.08 Å². The van der Waals surface area contributed by atoms with Crippen molar-refractivity contribution in [3.05, 3.63) is 35.0 Å². The van der Waals surface area contributed by atoms with Crippen LogP contribution in [0.5, 0.6) is 0 Å². The normalized spacial score (nSPS) is 23.9. The van der Waals surface area contributed by atoms with Crippen LogP contribution < -0.4 is 16.2 Å². The SMILES string of the molecule is C=CC[N+]1(CC2=C(C(=O)[O-])N3C(=O)C(NC(=O)/C(=N\OC)c4csc(N)n4)[C@H]3SC2)CCCC1. The summed E-state index contributed by atoms with van der Waals surface area (Å²) in [6, 6.07) is -0.908. The average molecular weight is 507 g/mol. The summed E-state index contributed by atoms with van der Waals surface area (Å²) in [4.78, 5) is 48.0. The molecule has 2 saturated heterocycles. The topological polar surface area (TPSA) is 150 Å². The zero-order chi connectivity index (χ0) is 24.5. The highest BCUT2D eigenvalue weighted by Crippen LogP contribution is 2.41. The Morgan fingerprint density at radius 3 is 2.79 bits per heavy atom. The maximum atomic E-state index is 13.0. The molecule has 2 fully saturated rings. The second-order valence-corrected chi connectivity index (χ2v) is 10.4. The summed E-state index contributed by atoms with van der Waals surface area (Å²) < 4.78 is 0.733. The molecular weight excluding hydrogens is 480 g/mol. The third kappa shape index (κ3) is 4.42. The fraction of sp³-hybridized carbons (Fsp3) is 0.476. The number of fused-ring (bicyclic) bond motifs is 1. The molecule has 2 amide bonds. The molecule has 3 aliphatic heterocycles. The van der Waals surface area contributed by atoms with Crippen LogP contribution in [0.2, 0.25) is 0 Å². The lowest BCUT2D eigenvalue weighted by molar-refractivity contribution is -0.906. The van der Waals surface area contributed by atoms with E-state index in [0.717, 1.165) is 48.3 Å². The Labute approximate surface area is 204 Å². The van der Waals surface area contributed by atoms with Crippen LogP contribution in [0.25, 0.3) is 0 Å². The van der Waals surface area contributed by atoms with Gasteiger partial charge in [0.2, 0.25) is 0 Å². The molecule has 3 N–H and O–H groups in total. The lowest BCUT2D eigenvalue weighted by Crippen LogP contribution is -2.72. The van der Waals surface area contributed by atoms with Gasteiger partial charge in [-0.2, -0.15) is 0 Å². The molecule has 2 atom stereocenters. The summed E-state index contributed by atoms with van der Waals surface area (Å²) in [5.41, 5.74) is 6.35. The van der Waals surface area contributed by atoms with Crippen molar-refractivity contribution in [1.29, 1.82) is 0 Å². The van der Waals surface area contributed by atoms with Gasteiger partial charge in [0, 0.05) is 29.5 Å². The van der Waals surface area contributed by atoms with Crippen LogP contribution in [0.15, 0.2) is 34.5 Å². The summed E-state index contributed by atoms with van der Waals surface area (Å²) in [7, 11) is 1.29. The Morgan fingerprint density at radius 1 is 1.47 bits per heavy atom. The van der Waals surface area contributed by atoms with E-state index in [0.29, 0.717) is 17.9 Å². The number of carboxylic acid groups (broad SMARTS) is 1. The van der Waals surface area contributed by atoms with Crippen molar-refractivity contribution in [2.24, 2.45) is 5.16 Å². The summed E-state index contributed by atoms with van der Waals surface area (Å²) in [5, 5.41) is 19.7. The lowest BCUT2D eigenvalue weighted by Gasteiger charge is -2.51. The number of quaternary nitrogens is 1. The number of thiazole rings is 1. The molecule has 182 valence electrons. The average Bonchev–Trinajstić information content (AvgIpc) is 3.44. The maximum Gasteiger partial charge on any atom is 0.276 e. The predicted octanol–water partition coefficient (Wildman–Crippen LogP) is -0.724. The first-order valence-electron chi connectivity index (χ1n) is 10.8. The number of nitrogens with two attached hydrogens (primary N) is 1. The number of oxime groups is 1. The number of hydrogen-bond donors (Lipinski definition) is 2. The Bertz CT molecular complexity index is 1080. The number of nitrogen functional groups attached to an aromatic ring is 1. The highest BCUT2D eigenvalue weighted by atomic mass is 32.2. The number of carboxylic acids is 1. The molecule has 0 bridgehead atoms. The van der Waals surface area contributed by atoms with Gasteiger partial charge in [-0.25, -0.2) is 4.98 Å². The van der Waals surface area contributed by atoms with Gasteiger partial charge in [-0.3, -0.25) is 14.5 Å². The largest absolute Gasteiger partial charge is 0.543 e. The first-order chi connectivity index (χ1) is 16.3. The molecule has 13 heteroatoms. The number of amides is 2. The molecule has 11 nitrogen and oxygen atoms in total. The highest BCUT2D eigenvalue weighted by molar-refractivity contribution is 8.00. The second kappa shape index (κ2) is 9.76. The van der Waals surface area contributed by atoms with Crippen LogP contribution in [0.3, 0.4) is 0 Å². The quantitative estimate of drug-likeness (QED) is 0.146. The van der Waals surface area contributed by atoms with E-state index in [1.807, 2.05) is 6.08 Å². The van der Waals surface area contributed by atoms with Crippen LogP contribution in [0.4, 0.5) is 5.13 Å². The number of nitrogens with one attached hydrogen (secondary N) is 1. The lowest BCUT2D eigenvalue weighted by atomic mass is 10.0. The van der Waals surface area contributed by atoms with Gasteiger partial charge in [0.05, 0.1) is 31.3 Å². The molecule has 1 unspecified atom stereocenters. The van der Waals surface area contributed by atoms with Crippen molar-refractivity contribution >= 4 is 51.7 Å². The second-order valence-electron chi connectivity index (χ2n) is 8.42. The molecule has 4 heterocycles.